The topological polar surface area (TPSA) is 75.4 Å². The van der Waals surface area contributed by atoms with Crippen LogP contribution in [-0.4, -0.2) is 22.7 Å². The number of aliphatic hydroxyl groups excluding tert-OH is 1. The number of nitro groups is 1. The highest BCUT2D eigenvalue weighted by atomic mass is 35.5. The van der Waals surface area contributed by atoms with E-state index >= 15 is 0 Å². The molecule has 0 amide bonds. The van der Waals surface area contributed by atoms with E-state index in [9.17, 15) is 15.2 Å². The summed E-state index contributed by atoms with van der Waals surface area (Å²) in [6.45, 7) is 4.28. The van der Waals surface area contributed by atoms with Crippen molar-refractivity contribution in [2.45, 2.75) is 26.4 Å². The van der Waals surface area contributed by atoms with Crippen LogP contribution in [0.25, 0.3) is 0 Å². The minimum atomic E-state index is -0.452. The van der Waals surface area contributed by atoms with Gasteiger partial charge in [0.15, 0.2) is 0 Å². The Bertz CT molecular complexity index is 424. The second-order valence-electron chi connectivity index (χ2n) is 4.44. The Morgan fingerprint density at radius 3 is 2.67 bits per heavy atom. The second kappa shape index (κ2) is 6.68. The third-order valence-corrected chi connectivity index (χ3v) is 3.04. The van der Waals surface area contributed by atoms with Gasteiger partial charge in [-0.1, -0.05) is 25.4 Å². The highest BCUT2D eigenvalue weighted by Crippen LogP contribution is 2.23. The molecule has 1 atom stereocenters. The summed E-state index contributed by atoms with van der Waals surface area (Å²) in [4.78, 5) is 10.4. The van der Waals surface area contributed by atoms with Gasteiger partial charge in [-0.25, -0.2) is 0 Å². The first-order valence-corrected chi connectivity index (χ1v) is 6.10. The van der Waals surface area contributed by atoms with Gasteiger partial charge in [-0.2, -0.15) is 0 Å². The molecule has 0 aliphatic heterocycles. The average molecular weight is 273 g/mol. The zero-order chi connectivity index (χ0) is 13.7. The van der Waals surface area contributed by atoms with Crippen LogP contribution in [0.4, 0.5) is 5.69 Å². The van der Waals surface area contributed by atoms with Gasteiger partial charge in [0, 0.05) is 29.2 Å². The van der Waals surface area contributed by atoms with Gasteiger partial charge < -0.3 is 10.4 Å². The zero-order valence-electron chi connectivity index (χ0n) is 10.4. The van der Waals surface area contributed by atoms with Gasteiger partial charge in [0.2, 0.25) is 0 Å². The highest BCUT2D eigenvalue weighted by Gasteiger charge is 2.17. The molecule has 6 heteroatoms. The maximum Gasteiger partial charge on any atom is 0.275 e. The Balaban J connectivity index is 2.81. The number of rotatable bonds is 6. The van der Waals surface area contributed by atoms with Crippen LogP contribution in [-0.2, 0) is 6.54 Å². The predicted molar refractivity (Wildman–Crippen MR) is 70.7 cm³/mol. The lowest BCUT2D eigenvalue weighted by Crippen LogP contribution is -2.36. The van der Waals surface area contributed by atoms with Crippen LogP contribution in [0.3, 0.4) is 0 Å². The van der Waals surface area contributed by atoms with Gasteiger partial charge >= 0.3 is 0 Å². The van der Waals surface area contributed by atoms with Crippen molar-refractivity contribution in [2.75, 3.05) is 6.61 Å². The Labute approximate surface area is 111 Å². The zero-order valence-corrected chi connectivity index (χ0v) is 11.1. The monoisotopic (exact) mass is 272 g/mol. The SMILES string of the molecule is CC(C)[C@@H](CO)NCc1ccc(Cl)cc1[N+](=O)[O-]. The normalized spacial score (nSPS) is 12.7. The second-order valence-corrected chi connectivity index (χ2v) is 4.88. The third-order valence-electron chi connectivity index (χ3n) is 2.80. The number of nitrogens with one attached hydrogen (secondary N) is 1. The molecule has 0 aliphatic carbocycles. The van der Waals surface area contributed by atoms with Gasteiger partial charge in [0.25, 0.3) is 5.69 Å². The van der Waals surface area contributed by atoms with Gasteiger partial charge in [0.05, 0.1) is 11.5 Å². The molecule has 0 aliphatic rings. The van der Waals surface area contributed by atoms with Gasteiger partial charge in [-0.3, -0.25) is 10.1 Å². The molecule has 1 aromatic rings. The summed E-state index contributed by atoms with van der Waals surface area (Å²) in [5.74, 6) is 0.251. The Kier molecular flexibility index (Phi) is 5.53. The first-order chi connectivity index (χ1) is 8.45. The van der Waals surface area contributed by atoms with Crippen LogP contribution < -0.4 is 5.32 Å². The van der Waals surface area contributed by atoms with E-state index in [1.807, 2.05) is 13.8 Å². The summed E-state index contributed by atoms with van der Waals surface area (Å²) in [7, 11) is 0. The molecule has 1 aromatic carbocycles. The minimum absolute atomic E-state index is 0.000938. The summed E-state index contributed by atoms with van der Waals surface area (Å²) in [5.41, 5.74) is 0.555. The largest absolute Gasteiger partial charge is 0.395 e. The lowest BCUT2D eigenvalue weighted by atomic mass is 10.0. The summed E-state index contributed by atoms with van der Waals surface area (Å²) < 4.78 is 0. The molecular weight excluding hydrogens is 256 g/mol. The Hall–Kier alpha value is -1.17. The van der Waals surface area contributed by atoms with Crippen molar-refractivity contribution in [3.05, 3.63) is 38.9 Å². The average Bonchev–Trinajstić information content (AvgIpc) is 2.30. The van der Waals surface area contributed by atoms with Crippen LogP contribution in [0, 0.1) is 16.0 Å². The van der Waals surface area contributed by atoms with E-state index in [1.165, 1.54) is 6.07 Å². The van der Waals surface area contributed by atoms with Crippen LogP contribution in [0.2, 0.25) is 5.02 Å². The molecule has 2 N–H and O–H groups in total. The van der Waals surface area contributed by atoms with E-state index in [4.69, 9.17) is 11.6 Å². The smallest absolute Gasteiger partial charge is 0.275 e. The molecule has 18 heavy (non-hydrogen) atoms. The Morgan fingerprint density at radius 2 is 2.17 bits per heavy atom. The van der Waals surface area contributed by atoms with Crippen molar-refractivity contribution in [2.24, 2.45) is 5.92 Å². The quantitative estimate of drug-likeness (QED) is 0.616. The molecule has 5 nitrogen and oxygen atoms in total. The number of hydrogen-bond donors (Lipinski definition) is 2. The third kappa shape index (κ3) is 3.94. The van der Waals surface area contributed by atoms with Crippen molar-refractivity contribution < 1.29 is 10.0 Å². The lowest BCUT2D eigenvalue weighted by Gasteiger charge is -2.19. The number of halogens is 1. The molecule has 0 heterocycles. The molecule has 0 saturated carbocycles. The minimum Gasteiger partial charge on any atom is -0.395 e. The number of benzene rings is 1. The first-order valence-electron chi connectivity index (χ1n) is 5.72. The maximum atomic E-state index is 10.9. The highest BCUT2D eigenvalue weighted by molar-refractivity contribution is 6.30. The fourth-order valence-electron chi connectivity index (χ4n) is 1.61. The summed E-state index contributed by atoms with van der Waals surface area (Å²) in [6, 6.07) is 4.50. The van der Waals surface area contributed by atoms with Crippen LogP contribution in [0.15, 0.2) is 18.2 Å². The van der Waals surface area contributed by atoms with Crippen molar-refractivity contribution in [3.63, 3.8) is 0 Å². The van der Waals surface area contributed by atoms with Crippen molar-refractivity contribution in [3.8, 4) is 0 Å². The fourth-order valence-corrected chi connectivity index (χ4v) is 1.77. The van der Waals surface area contributed by atoms with Gasteiger partial charge in [0.1, 0.15) is 0 Å². The molecule has 0 aromatic heterocycles. The van der Waals surface area contributed by atoms with Gasteiger partial charge in [-0.15, -0.1) is 0 Å². The number of nitrogens with zero attached hydrogens (tertiary/aromatic N) is 1. The van der Waals surface area contributed by atoms with Crippen LogP contribution in [0.5, 0.6) is 0 Å². The summed E-state index contributed by atoms with van der Waals surface area (Å²) in [5, 5.41) is 23.5. The van der Waals surface area contributed by atoms with Crippen LogP contribution >= 0.6 is 11.6 Å². The first kappa shape index (κ1) is 14.9. The molecule has 0 saturated heterocycles. The van der Waals surface area contributed by atoms with E-state index < -0.39 is 4.92 Å². The fraction of sp³-hybridized carbons (Fsp3) is 0.500. The summed E-state index contributed by atoms with van der Waals surface area (Å²) >= 11 is 5.74. The maximum absolute atomic E-state index is 10.9. The lowest BCUT2D eigenvalue weighted by molar-refractivity contribution is -0.385. The van der Waals surface area contributed by atoms with Gasteiger partial charge in [-0.05, 0) is 18.1 Å². The van der Waals surface area contributed by atoms with Crippen molar-refractivity contribution in [1.82, 2.24) is 5.32 Å². The van der Waals surface area contributed by atoms with Crippen molar-refractivity contribution >= 4 is 17.3 Å². The predicted octanol–water partition coefficient (Wildman–Crippen LogP) is 2.35. The molecule has 0 bridgehead atoms. The number of hydrogen-bond acceptors (Lipinski definition) is 4. The molecule has 0 unspecified atom stereocenters. The standard InChI is InChI=1S/C12H17ClN2O3/c1-8(2)11(7-16)14-6-9-3-4-10(13)5-12(9)15(17)18/h3-5,8,11,14,16H,6-7H2,1-2H3/t11-/m1/s1. The number of aliphatic hydroxyl groups is 1. The molecule has 1 rings (SSSR count). The molecule has 0 fully saturated rings. The molecule has 0 radical (unpaired) electrons. The van der Waals surface area contributed by atoms with E-state index in [-0.39, 0.29) is 24.3 Å². The van der Waals surface area contributed by atoms with E-state index in [0.29, 0.717) is 17.1 Å². The number of nitro benzene ring substituents is 1. The molecule has 100 valence electrons. The molecular formula is C12H17ClN2O3. The summed E-state index contributed by atoms with van der Waals surface area (Å²) in [6.07, 6.45) is 0. The van der Waals surface area contributed by atoms with Crippen molar-refractivity contribution in [1.29, 1.82) is 0 Å². The Morgan fingerprint density at radius 1 is 1.50 bits per heavy atom. The van der Waals surface area contributed by atoms with E-state index in [2.05, 4.69) is 5.32 Å². The van der Waals surface area contributed by atoms with Crippen LogP contribution in [0.1, 0.15) is 19.4 Å². The van der Waals surface area contributed by atoms with E-state index in [0.717, 1.165) is 0 Å². The van der Waals surface area contributed by atoms with E-state index in [1.54, 1.807) is 12.1 Å². The molecule has 0 spiro atoms.